The molecule has 0 aliphatic rings. The molecule has 0 aliphatic heterocycles. The van der Waals surface area contributed by atoms with Crippen molar-refractivity contribution >= 4 is 87.2 Å². The maximum absolute atomic E-state index is 5.57. The zero-order valence-electron chi connectivity index (χ0n) is 35.3. The van der Waals surface area contributed by atoms with Crippen LogP contribution in [0.15, 0.2) is 206 Å². The van der Waals surface area contributed by atoms with Gasteiger partial charge in [-0.05, 0) is 79.2 Å². The molecule has 9 aromatic carbocycles. The van der Waals surface area contributed by atoms with Gasteiger partial charge in [0.15, 0.2) is 5.82 Å². The van der Waals surface area contributed by atoms with Crippen LogP contribution in [-0.4, -0.2) is 33.2 Å². The molecule has 7 heteroatoms. The lowest BCUT2D eigenvalue weighted by Crippen LogP contribution is -2.10. The van der Waals surface area contributed by atoms with Gasteiger partial charge < -0.3 is 9.13 Å². The van der Waals surface area contributed by atoms with Crippen molar-refractivity contribution in [2.24, 2.45) is 0 Å². The zero-order valence-corrected chi connectivity index (χ0v) is 35.3. The Balaban J connectivity index is 1.11. The fourth-order valence-electron chi connectivity index (χ4n) is 10.7. The maximum Gasteiger partial charge on any atom is 0.240 e. The van der Waals surface area contributed by atoms with Gasteiger partial charge in [-0.1, -0.05) is 140 Å². The quantitative estimate of drug-likeness (QED) is 0.174. The molecule has 0 saturated heterocycles. The van der Waals surface area contributed by atoms with Gasteiger partial charge in [-0.2, -0.15) is 15.0 Å². The van der Waals surface area contributed by atoms with Gasteiger partial charge >= 0.3 is 0 Å². The average Bonchev–Trinajstić information content (AvgIpc) is 4.10. The third kappa shape index (κ3) is 5.03. The van der Waals surface area contributed by atoms with E-state index >= 15 is 0 Å². The lowest BCUT2D eigenvalue weighted by molar-refractivity contribution is 0.892. The monoisotopic (exact) mass is 831 g/mol. The Morgan fingerprint density at radius 3 is 1.23 bits per heavy atom. The highest BCUT2D eigenvalue weighted by Gasteiger charge is 2.26. The second-order valence-electron chi connectivity index (χ2n) is 16.9. The number of nitrogens with zero attached hydrogens (tertiary/aromatic N) is 7. The SMILES string of the molecule is Cc1cc2c(c3ccccc3n2-c2ccccc2)c2c3ccccc3n(-c3nc(-c4ccccc4)nc(-n4c5ccccc5c5c6c7ccccc7n(-c7ccccc7)c6ccc54)n3)c12. The molecule has 5 aromatic heterocycles. The summed E-state index contributed by atoms with van der Waals surface area (Å²) in [5.41, 5.74) is 13.1. The number of para-hydroxylation sites is 6. The van der Waals surface area contributed by atoms with Crippen LogP contribution >= 0.6 is 0 Å². The van der Waals surface area contributed by atoms with Crippen molar-refractivity contribution in [3.05, 3.63) is 212 Å². The summed E-state index contributed by atoms with van der Waals surface area (Å²) < 4.78 is 9.28. The molecule has 0 unspecified atom stereocenters. The molecule has 65 heavy (non-hydrogen) atoms. The summed E-state index contributed by atoms with van der Waals surface area (Å²) >= 11 is 0. The minimum absolute atomic E-state index is 0.552. The van der Waals surface area contributed by atoms with Crippen molar-refractivity contribution in [2.75, 3.05) is 0 Å². The van der Waals surface area contributed by atoms with Crippen LogP contribution in [0.4, 0.5) is 0 Å². The number of fused-ring (bicyclic) bond motifs is 14. The van der Waals surface area contributed by atoms with E-state index in [1.165, 1.54) is 32.4 Å². The smallest absolute Gasteiger partial charge is 0.240 e. The first-order chi connectivity index (χ1) is 32.2. The molecule has 14 rings (SSSR count). The number of rotatable bonds is 5. The molecule has 0 N–H and O–H groups in total. The van der Waals surface area contributed by atoms with Crippen LogP contribution in [0.3, 0.4) is 0 Å². The van der Waals surface area contributed by atoms with E-state index in [1.807, 2.05) is 18.2 Å². The summed E-state index contributed by atoms with van der Waals surface area (Å²) in [5.74, 6) is 1.71. The number of hydrogen-bond acceptors (Lipinski definition) is 3. The van der Waals surface area contributed by atoms with Crippen molar-refractivity contribution in [2.45, 2.75) is 6.92 Å². The Labute approximate surface area is 372 Å². The molecule has 0 radical (unpaired) electrons. The van der Waals surface area contributed by atoms with Gasteiger partial charge in [0.1, 0.15) is 0 Å². The fourth-order valence-corrected chi connectivity index (χ4v) is 10.7. The molecule has 0 saturated carbocycles. The van der Waals surface area contributed by atoms with E-state index in [1.54, 1.807) is 0 Å². The Hall–Kier alpha value is -8.81. The van der Waals surface area contributed by atoms with Gasteiger partial charge in [-0.15, -0.1) is 0 Å². The molecular formula is C58H37N7. The second kappa shape index (κ2) is 13.6. The third-order valence-electron chi connectivity index (χ3n) is 13.3. The Morgan fingerprint density at radius 1 is 0.308 bits per heavy atom. The number of aromatic nitrogens is 7. The minimum Gasteiger partial charge on any atom is -0.309 e. The normalized spacial score (nSPS) is 12.1. The Morgan fingerprint density at radius 2 is 0.692 bits per heavy atom. The zero-order chi connectivity index (χ0) is 42.8. The standard InChI is InChI=1S/C58H37N7/c1-36-35-50-53(41-26-12-16-30-45(41)63(50)39-23-9-4-10-24-39)54-43-28-14-18-32-47(43)65(55(36)54)58-60-56(37-19-5-2-6-20-37)59-57(61-58)64-46-31-17-13-27-42(46)52-49(64)34-33-48-51(52)40-25-11-15-29-44(40)62(48)38-21-7-3-8-22-38/h2-35H,1H3. The predicted octanol–water partition coefficient (Wildman–Crippen LogP) is 14.2. The van der Waals surface area contributed by atoms with Crippen LogP contribution in [0.5, 0.6) is 0 Å². The van der Waals surface area contributed by atoms with Crippen molar-refractivity contribution in [1.82, 2.24) is 33.2 Å². The van der Waals surface area contributed by atoms with Gasteiger partial charge in [0, 0.05) is 60.0 Å². The molecule has 0 spiro atoms. The van der Waals surface area contributed by atoms with E-state index in [0.717, 1.165) is 77.3 Å². The van der Waals surface area contributed by atoms with E-state index < -0.39 is 0 Å². The van der Waals surface area contributed by atoms with Gasteiger partial charge in [-0.25, -0.2) is 0 Å². The number of aryl methyl sites for hydroxylation is 1. The maximum atomic E-state index is 5.57. The van der Waals surface area contributed by atoms with Gasteiger partial charge in [0.25, 0.3) is 0 Å². The number of benzene rings is 9. The molecule has 7 nitrogen and oxygen atoms in total. The minimum atomic E-state index is 0.552. The average molecular weight is 832 g/mol. The first kappa shape index (κ1) is 35.8. The molecule has 14 aromatic rings. The molecule has 304 valence electrons. The third-order valence-corrected chi connectivity index (χ3v) is 13.3. The number of hydrogen-bond donors (Lipinski definition) is 0. The Bertz CT molecular complexity index is 4230. The highest BCUT2D eigenvalue weighted by atomic mass is 15.3. The summed E-state index contributed by atoms with van der Waals surface area (Å²) in [7, 11) is 0. The fraction of sp³-hybridized carbons (Fsp3) is 0.0172. The van der Waals surface area contributed by atoms with Gasteiger partial charge in [0.05, 0.1) is 44.1 Å². The van der Waals surface area contributed by atoms with Crippen LogP contribution in [0.2, 0.25) is 0 Å². The van der Waals surface area contributed by atoms with E-state index in [9.17, 15) is 0 Å². The molecule has 0 aliphatic carbocycles. The molecular weight excluding hydrogens is 795 g/mol. The highest BCUT2D eigenvalue weighted by Crippen LogP contribution is 2.45. The molecule has 0 fully saturated rings. The lowest BCUT2D eigenvalue weighted by Gasteiger charge is -2.14. The van der Waals surface area contributed by atoms with Crippen molar-refractivity contribution in [1.29, 1.82) is 0 Å². The van der Waals surface area contributed by atoms with Gasteiger partial charge in [-0.3, -0.25) is 9.13 Å². The summed E-state index contributed by atoms with van der Waals surface area (Å²) in [5, 5.41) is 9.43. The second-order valence-corrected chi connectivity index (χ2v) is 16.9. The summed E-state index contributed by atoms with van der Waals surface area (Å²) in [6.07, 6.45) is 0. The van der Waals surface area contributed by atoms with E-state index in [2.05, 4.69) is 213 Å². The predicted molar refractivity (Wildman–Crippen MR) is 267 cm³/mol. The van der Waals surface area contributed by atoms with Crippen molar-refractivity contribution < 1.29 is 0 Å². The van der Waals surface area contributed by atoms with E-state index in [0.29, 0.717) is 17.7 Å². The molecule has 0 atom stereocenters. The summed E-state index contributed by atoms with van der Waals surface area (Å²) in [6, 6.07) is 73.3. The first-order valence-corrected chi connectivity index (χ1v) is 22.1. The van der Waals surface area contributed by atoms with Crippen molar-refractivity contribution in [3.63, 3.8) is 0 Å². The van der Waals surface area contributed by atoms with E-state index in [-0.39, 0.29) is 0 Å². The summed E-state index contributed by atoms with van der Waals surface area (Å²) in [4.78, 5) is 16.3. The van der Waals surface area contributed by atoms with Crippen LogP contribution in [0, 0.1) is 6.92 Å². The van der Waals surface area contributed by atoms with Crippen LogP contribution in [0.25, 0.3) is 122 Å². The van der Waals surface area contributed by atoms with Crippen LogP contribution < -0.4 is 0 Å². The van der Waals surface area contributed by atoms with Crippen LogP contribution in [-0.2, 0) is 0 Å². The first-order valence-electron chi connectivity index (χ1n) is 22.1. The van der Waals surface area contributed by atoms with Crippen molar-refractivity contribution in [3.8, 4) is 34.7 Å². The molecule has 0 amide bonds. The largest absolute Gasteiger partial charge is 0.309 e. The lowest BCUT2D eigenvalue weighted by atomic mass is 10.0. The summed E-state index contributed by atoms with van der Waals surface area (Å²) in [6.45, 7) is 2.22. The molecule has 5 heterocycles. The van der Waals surface area contributed by atoms with E-state index in [4.69, 9.17) is 15.0 Å². The van der Waals surface area contributed by atoms with Gasteiger partial charge in [0.2, 0.25) is 11.9 Å². The highest BCUT2D eigenvalue weighted by molar-refractivity contribution is 6.30. The Kier molecular flexibility index (Phi) is 7.48. The van der Waals surface area contributed by atoms with Crippen LogP contribution in [0.1, 0.15) is 5.56 Å². The molecule has 0 bridgehead atoms. The topological polar surface area (TPSA) is 58.4 Å².